The van der Waals surface area contributed by atoms with Crippen molar-refractivity contribution in [3.63, 3.8) is 0 Å². The minimum Gasteiger partial charge on any atom is -0.325 e. The Balaban J connectivity index is 1.37. The number of carbonyl (C=O) groups excluding carboxylic acids is 1. The number of anilines is 1. The van der Waals surface area contributed by atoms with Gasteiger partial charge in [0.05, 0.1) is 22.6 Å². The van der Waals surface area contributed by atoms with Crippen LogP contribution in [0.2, 0.25) is 5.02 Å². The van der Waals surface area contributed by atoms with Crippen molar-refractivity contribution in [1.29, 1.82) is 0 Å². The van der Waals surface area contributed by atoms with Crippen molar-refractivity contribution in [3.8, 4) is 0 Å². The molecule has 1 N–H and O–H groups in total. The second-order valence-corrected chi connectivity index (χ2v) is 7.59. The summed E-state index contributed by atoms with van der Waals surface area (Å²) in [6.07, 6.45) is 4.48. The molecule has 0 atom stereocenters. The lowest BCUT2D eigenvalue weighted by Gasteiger charge is -2.33. The zero-order valence-electron chi connectivity index (χ0n) is 15.9. The van der Waals surface area contributed by atoms with Gasteiger partial charge in [0.2, 0.25) is 5.91 Å². The first kappa shape index (κ1) is 18.9. The molecular weight excluding hydrogens is 374 g/mol. The Morgan fingerprint density at radius 3 is 2.71 bits per heavy atom. The van der Waals surface area contributed by atoms with E-state index in [2.05, 4.69) is 44.9 Å². The molecule has 7 heteroatoms. The van der Waals surface area contributed by atoms with Crippen LogP contribution in [-0.4, -0.2) is 45.0 Å². The highest BCUT2D eigenvalue weighted by atomic mass is 35.5. The maximum absolute atomic E-state index is 12.3. The van der Waals surface area contributed by atoms with E-state index in [0.29, 0.717) is 23.4 Å². The van der Waals surface area contributed by atoms with Gasteiger partial charge >= 0.3 is 0 Å². The number of pyridine rings is 1. The summed E-state index contributed by atoms with van der Waals surface area (Å²) in [5, 5.41) is 3.39. The van der Waals surface area contributed by atoms with E-state index in [4.69, 9.17) is 16.6 Å². The van der Waals surface area contributed by atoms with Crippen LogP contribution in [0.4, 0.5) is 5.82 Å². The molecule has 0 unspecified atom stereocenters. The van der Waals surface area contributed by atoms with Gasteiger partial charge in [0.25, 0.3) is 0 Å². The van der Waals surface area contributed by atoms with Gasteiger partial charge in [-0.25, -0.2) is 9.97 Å². The molecule has 0 saturated carbocycles. The molecule has 3 heterocycles. The lowest BCUT2D eigenvalue weighted by atomic mass is 10.0. The number of para-hydroxylation sites is 2. The number of nitrogens with zero attached hydrogens (tertiary/aromatic N) is 4. The number of imidazole rings is 1. The fourth-order valence-corrected chi connectivity index (χ4v) is 4.03. The molecular formula is C21H24ClN5O. The van der Waals surface area contributed by atoms with Crippen LogP contribution in [0, 0.1) is 0 Å². The van der Waals surface area contributed by atoms with Crippen LogP contribution in [-0.2, 0) is 11.2 Å². The lowest BCUT2D eigenvalue weighted by Crippen LogP contribution is -2.40. The van der Waals surface area contributed by atoms with Gasteiger partial charge in [-0.15, -0.1) is 0 Å². The average molecular weight is 398 g/mol. The molecule has 28 heavy (non-hydrogen) atoms. The van der Waals surface area contributed by atoms with Gasteiger partial charge in [-0.05, 0) is 37.1 Å². The summed E-state index contributed by atoms with van der Waals surface area (Å²) >= 11 is 5.83. The van der Waals surface area contributed by atoms with Gasteiger partial charge in [-0.1, -0.05) is 30.7 Å². The Kier molecular flexibility index (Phi) is 5.59. The SMILES string of the molecule is CCc1nc2ccccc2n1C1CCN(CC(=O)Nc2ccc(Cl)cn2)CC1. The molecule has 6 nitrogen and oxygen atoms in total. The van der Waals surface area contributed by atoms with Crippen molar-refractivity contribution in [2.75, 3.05) is 25.0 Å². The Morgan fingerprint density at radius 2 is 2.00 bits per heavy atom. The third kappa shape index (κ3) is 4.03. The van der Waals surface area contributed by atoms with Crippen LogP contribution in [0.1, 0.15) is 31.6 Å². The van der Waals surface area contributed by atoms with Crippen molar-refractivity contribution in [2.24, 2.45) is 0 Å². The highest BCUT2D eigenvalue weighted by Gasteiger charge is 2.25. The van der Waals surface area contributed by atoms with Crippen LogP contribution >= 0.6 is 11.6 Å². The normalized spacial score (nSPS) is 15.8. The molecule has 146 valence electrons. The van der Waals surface area contributed by atoms with E-state index in [-0.39, 0.29) is 5.91 Å². The largest absolute Gasteiger partial charge is 0.325 e. The number of benzene rings is 1. The first-order valence-electron chi connectivity index (χ1n) is 9.73. The second kappa shape index (κ2) is 8.29. The quantitative estimate of drug-likeness (QED) is 0.708. The van der Waals surface area contributed by atoms with Gasteiger partial charge in [0.1, 0.15) is 11.6 Å². The third-order valence-corrected chi connectivity index (χ3v) is 5.49. The monoisotopic (exact) mass is 397 g/mol. The maximum Gasteiger partial charge on any atom is 0.239 e. The molecule has 1 aliphatic heterocycles. The van der Waals surface area contributed by atoms with Crippen LogP contribution in [0.15, 0.2) is 42.6 Å². The topological polar surface area (TPSA) is 63.1 Å². The number of halogens is 1. The van der Waals surface area contributed by atoms with Gasteiger partial charge in [0, 0.05) is 31.7 Å². The number of fused-ring (bicyclic) bond motifs is 1. The maximum atomic E-state index is 12.3. The zero-order chi connectivity index (χ0) is 19.5. The number of aryl methyl sites for hydroxylation is 1. The summed E-state index contributed by atoms with van der Waals surface area (Å²) in [7, 11) is 0. The summed E-state index contributed by atoms with van der Waals surface area (Å²) in [6.45, 7) is 4.31. The second-order valence-electron chi connectivity index (χ2n) is 7.16. The molecule has 1 fully saturated rings. The number of rotatable bonds is 5. The van der Waals surface area contributed by atoms with Crippen LogP contribution in [0.5, 0.6) is 0 Å². The molecule has 0 bridgehead atoms. The fourth-order valence-electron chi connectivity index (χ4n) is 3.92. The molecule has 1 amide bonds. The average Bonchev–Trinajstić information content (AvgIpc) is 3.09. The van der Waals surface area contributed by atoms with Gasteiger partial charge in [0.15, 0.2) is 0 Å². The number of hydrogen-bond donors (Lipinski definition) is 1. The number of nitrogens with one attached hydrogen (secondary N) is 1. The standard InChI is InChI=1S/C21H24ClN5O/c1-2-20-24-17-5-3-4-6-18(17)27(20)16-9-11-26(12-10-16)14-21(28)25-19-8-7-15(22)13-23-19/h3-8,13,16H,2,9-12,14H2,1H3,(H,23,25,28). The smallest absolute Gasteiger partial charge is 0.239 e. The molecule has 0 spiro atoms. The van der Waals surface area contributed by atoms with E-state index in [1.165, 1.54) is 11.7 Å². The number of hydrogen-bond acceptors (Lipinski definition) is 4. The van der Waals surface area contributed by atoms with E-state index in [1.54, 1.807) is 12.1 Å². The van der Waals surface area contributed by atoms with Crippen LogP contribution < -0.4 is 5.32 Å². The minimum absolute atomic E-state index is 0.0457. The first-order valence-corrected chi connectivity index (χ1v) is 10.1. The van der Waals surface area contributed by atoms with E-state index in [9.17, 15) is 4.79 Å². The van der Waals surface area contributed by atoms with Crippen molar-refractivity contribution in [3.05, 3.63) is 53.4 Å². The van der Waals surface area contributed by atoms with Gasteiger partial charge in [-0.3, -0.25) is 9.69 Å². The van der Waals surface area contributed by atoms with E-state index in [1.807, 2.05) is 6.07 Å². The van der Waals surface area contributed by atoms with Crippen molar-refractivity contribution in [1.82, 2.24) is 19.4 Å². The molecule has 1 saturated heterocycles. The van der Waals surface area contributed by atoms with Crippen LogP contribution in [0.25, 0.3) is 11.0 Å². The summed E-state index contributed by atoms with van der Waals surface area (Å²) in [5.74, 6) is 1.63. The molecule has 0 aliphatic carbocycles. The summed E-state index contributed by atoms with van der Waals surface area (Å²) in [5.41, 5.74) is 2.28. The Bertz CT molecular complexity index is 961. The molecule has 1 aromatic carbocycles. The third-order valence-electron chi connectivity index (χ3n) is 5.27. The molecule has 3 aromatic rings. The molecule has 4 rings (SSSR count). The van der Waals surface area contributed by atoms with Crippen molar-refractivity contribution in [2.45, 2.75) is 32.2 Å². The Hall–Kier alpha value is -2.44. The Labute approximate surface area is 169 Å². The molecule has 2 aromatic heterocycles. The number of piperidine rings is 1. The van der Waals surface area contributed by atoms with Gasteiger partial charge in [-0.2, -0.15) is 0 Å². The van der Waals surface area contributed by atoms with Crippen molar-refractivity contribution >= 4 is 34.4 Å². The van der Waals surface area contributed by atoms with Crippen LogP contribution in [0.3, 0.4) is 0 Å². The molecule has 1 aliphatic rings. The number of amides is 1. The van der Waals surface area contributed by atoms with E-state index in [0.717, 1.165) is 43.7 Å². The zero-order valence-corrected chi connectivity index (χ0v) is 16.7. The van der Waals surface area contributed by atoms with E-state index < -0.39 is 0 Å². The fraction of sp³-hybridized carbons (Fsp3) is 0.381. The summed E-state index contributed by atoms with van der Waals surface area (Å²) < 4.78 is 2.41. The Morgan fingerprint density at radius 1 is 1.21 bits per heavy atom. The number of carbonyl (C=O) groups is 1. The molecule has 0 radical (unpaired) electrons. The van der Waals surface area contributed by atoms with E-state index >= 15 is 0 Å². The van der Waals surface area contributed by atoms with Crippen molar-refractivity contribution < 1.29 is 4.79 Å². The minimum atomic E-state index is -0.0457. The highest BCUT2D eigenvalue weighted by Crippen LogP contribution is 2.29. The summed E-state index contributed by atoms with van der Waals surface area (Å²) in [6, 6.07) is 12.2. The first-order chi connectivity index (χ1) is 13.6. The number of aromatic nitrogens is 3. The number of likely N-dealkylation sites (tertiary alicyclic amines) is 1. The predicted octanol–water partition coefficient (Wildman–Crippen LogP) is 3.92. The highest BCUT2D eigenvalue weighted by molar-refractivity contribution is 6.30. The predicted molar refractivity (Wildman–Crippen MR) is 112 cm³/mol. The van der Waals surface area contributed by atoms with Gasteiger partial charge < -0.3 is 9.88 Å². The lowest BCUT2D eigenvalue weighted by molar-refractivity contribution is -0.117. The summed E-state index contributed by atoms with van der Waals surface area (Å²) in [4.78, 5) is 23.4.